The van der Waals surface area contributed by atoms with Gasteiger partial charge in [-0.3, -0.25) is 0 Å². The monoisotopic (exact) mass is 932 g/mol. The van der Waals surface area contributed by atoms with E-state index in [-0.39, 0.29) is 11.1 Å². The van der Waals surface area contributed by atoms with Gasteiger partial charge < -0.3 is 13.7 Å². The van der Waals surface area contributed by atoms with E-state index in [4.69, 9.17) is 4.98 Å². The maximum Gasteiger partial charge on any atom is 0.170 e. The standard InChI is InChI=1S/C65H39F3N4/c66-54-39-51(43-35-55(40-15-3-1-4-16-40)69-56(36-43)41-17-5-2-6-18-41)64(67)65(68)63(54)42-27-29-44(30-28-42)70-61-33-31-45(71-57-23-11-7-19-47(57)48-20-8-12-24-58(48)71)37-52(61)53-38-46(32-34-62(53)70)72-59-25-13-9-21-49(59)50-22-10-14-26-60(50)72/h1-39H. The molecular weight excluding hydrogens is 894 g/mol. The molecule has 10 aromatic carbocycles. The molecule has 0 aliphatic rings. The van der Waals surface area contributed by atoms with Crippen LogP contribution in [0.3, 0.4) is 0 Å². The highest BCUT2D eigenvalue weighted by Crippen LogP contribution is 2.41. The minimum Gasteiger partial charge on any atom is -0.309 e. The average molecular weight is 933 g/mol. The van der Waals surface area contributed by atoms with Gasteiger partial charge in [0.15, 0.2) is 11.6 Å². The van der Waals surface area contributed by atoms with Crippen LogP contribution in [-0.4, -0.2) is 18.7 Å². The van der Waals surface area contributed by atoms with E-state index >= 15 is 13.2 Å². The van der Waals surface area contributed by atoms with Gasteiger partial charge in [0.05, 0.1) is 50.1 Å². The number of nitrogens with zero attached hydrogens (tertiary/aromatic N) is 4. The lowest BCUT2D eigenvalue weighted by molar-refractivity contribution is 0.501. The molecule has 0 amide bonds. The number of hydrogen-bond donors (Lipinski definition) is 0. The molecular formula is C65H39F3N4. The van der Waals surface area contributed by atoms with Crippen molar-refractivity contribution in [3.8, 4) is 61.8 Å². The summed E-state index contributed by atoms with van der Waals surface area (Å²) in [6.45, 7) is 0. The number of benzene rings is 10. The minimum atomic E-state index is -1.26. The Kier molecular flexibility index (Phi) is 9.41. The first kappa shape index (κ1) is 41.5. The Balaban J connectivity index is 0.920. The Morgan fingerprint density at radius 3 is 1.10 bits per heavy atom. The maximum absolute atomic E-state index is 16.6. The van der Waals surface area contributed by atoms with Crippen LogP contribution >= 0.6 is 0 Å². The molecule has 340 valence electrons. The van der Waals surface area contributed by atoms with E-state index in [2.05, 4.69) is 147 Å². The highest BCUT2D eigenvalue weighted by atomic mass is 19.2. The van der Waals surface area contributed by atoms with Crippen LogP contribution in [0.5, 0.6) is 0 Å². The quantitative estimate of drug-likeness (QED) is 0.146. The van der Waals surface area contributed by atoms with Crippen LogP contribution in [0, 0.1) is 17.5 Å². The lowest BCUT2D eigenvalue weighted by atomic mass is 9.96. The fourth-order valence-corrected chi connectivity index (χ4v) is 11.0. The van der Waals surface area contributed by atoms with Gasteiger partial charge in [0, 0.05) is 66.1 Å². The van der Waals surface area contributed by atoms with Crippen LogP contribution in [0.4, 0.5) is 13.2 Å². The number of para-hydroxylation sites is 4. The van der Waals surface area contributed by atoms with Crippen LogP contribution in [0.1, 0.15) is 0 Å². The molecule has 72 heavy (non-hydrogen) atoms. The van der Waals surface area contributed by atoms with E-state index in [0.717, 1.165) is 78.1 Å². The van der Waals surface area contributed by atoms with Gasteiger partial charge in [0.25, 0.3) is 0 Å². The molecule has 4 aromatic heterocycles. The fraction of sp³-hybridized carbons (Fsp3) is 0. The molecule has 14 aromatic rings. The van der Waals surface area contributed by atoms with Crippen molar-refractivity contribution < 1.29 is 13.2 Å². The topological polar surface area (TPSA) is 27.7 Å². The molecule has 0 aliphatic carbocycles. The third-order valence-electron chi connectivity index (χ3n) is 14.3. The van der Waals surface area contributed by atoms with Crippen molar-refractivity contribution in [2.45, 2.75) is 0 Å². The van der Waals surface area contributed by atoms with Gasteiger partial charge in [-0.05, 0) is 102 Å². The largest absolute Gasteiger partial charge is 0.309 e. The second-order valence-corrected chi connectivity index (χ2v) is 18.3. The number of pyridine rings is 1. The van der Waals surface area contributed by atoms with Crippen molar-refractivity contribution >= 4 is 65.4 Å². The van der Waals surface area contributed by atoms with Gasteiger partial charge in [0.2, 0.25) is 0 Å². The lowest BCUT2D eigenvalue weighted by Gasteiger charge is -2.14. The van der Waals surface area contributed by atoms with E-state index in [9.17, 15) is 0 Å². The number of halogens is 3. The minimum absolute atomic E-state index is 0.187. The molecule has 0 spiro atoms. The SMILES string of the molecule is Fc1cc(-c2cc(-c3ccccc3)nc(-c3ccccc3)c2)c(F)c(F)c1-c1ccc(-n2c3ccc(-n4c5ccccc5c5ccccc54)cc3c3cc(-n4c5ccccc5c5ccccc54)ccc32)cc1. The first-order valence-electron chi connectivity index (χ1n) is 23.9. The summed E-state index contributed by atoms with van der Waals surface area (Å²) < 4.78 is 56.6. The maximum atomic E-state index is 16.6. The molecule has 7 heteroatoms. The molecule has 4 heterocycles. The van der Waals surface area contributed by atoms with Crippen molar-refractivity contribution in [2.75, 3.05) is 0 Å². The van der Waals surface area contributed by atoms with Gasteiger partial charge in [0.1, 0.15) is 5.82 Å². The first-order chi connectivity index (χ1) is 35.5. The predicted molar refractivity (Wildman–Crippen MR) is 289 cm³/mol. The predicted octanol–water partition coefficient (Wildman–Crippen LogP) is 17.5. The summed E-state index contributed by atoms with van der Waals surface area (Å²) in [5, 5.41) is 6.79. The third kappa shape index (κ3) is 6.44. The van der Waals surface area contributed by atoms with E-state index in [0.29, 0.717) is 17.0 Å². The molecule has 0 N–H and O–H groups in total. The summed E-state index contributed by atoms with van der Waals surface area (Å²) >= 11 is 0. The molecule has 0 bridgehead atoms. The summed E-state index contributed by atoms with van der Waals surface area (Å²) in [6.07, 6.45) is 0. The molecule has 0 saturated heterocycles. The van der Waals surface area contributed by atoms with Crippen molar-refractivity contribution in [3.05, 3.63) is 254 Å². The highest BCUT2D eigenvalue weighted by molar-refractivity contribution is 6.14. The van der Waals surface area contributed by atoms with Crippen LogP contribution in [0.15, 0.2) is 237 Å². The summed E-state index contributed by atoms with van der Waals surface area (Å²) in [5.74, 6) is -3.27. The third-order valence-corrected chi connectivity index (χ3v) is 14.3. The molecule has 0 unspecified atom stereocenters. The fourth-order valence-electron chi connectivity index (χ4n) is 11.0. The van der Waals surface area contributed by atoms with E-state index in [1.165, 1.54) is 21.5 Å². The molecule has 0 aliphatic heterocycles. The number of fused-ring (bicyclic) bond motifs is 9. The van der Waals surface area contributed by atoms with Gasteiger partial charge in [-0.15, -0.1) is 0 Å². The number of aromatic nitrogens is 4. The molecule has 0 atom stereocenters. The Morgan fingerprint density at radius 1 is 0.278 bits per heavy atom. The number of hydrogen-bond acceptors (Lipinski definition) is 1. The van der Waals surface area contributed by atoms with Crippen LogP contribution < -0.4 is 0 Å². The zero-order chi connectivity index (χ0) is 48.0. The van der Waals surface area contributed by atoms with Gasteiger partial charge >= 0.3 is 0 Å². The van der Waals surface area contributed by atoms with Crippen molar-refractivity contribution in [1.82, 2.24) is 18.7 Å². The molecule has 14 rings (SSSR count). The van der Waals surface area contributed by atoms with Crippen molar-refractivity contribution in [2.24, 2.45) is 0 Å². The van der Waals surface area contributed by atoms with Crippen molar-refractivity contribution in [3.63, 3.8) is 0 Å². The van der Waals surface area contributed by atoms with Crippen LogP contribution in [0.2, 0.25) is 0 Å². The zero-order valence-corrected chi connectivity index (χ0v) is 38.4. The Labute approximate surface area is 411 Å². The van der Waals surface area contributed by atoms with E-state index in [1.807, 2.05) is 72.8 Å². The van der Waals surface area contributed by atoms with E-state index in [1.54, 1.807) is 24.3 Å². The number of rotatable bonds is 7. The van der Waals surface area contributed by atoms with Gasteiger partial charge in [-0.1, -0.05) is 146 Å². The lowest BCUT2D eigenvalue weighted by Crippen LogP contribution is -2.00. The normalized spacial score (nSPS) is 11.8. The molecule has 4 nitrogen and oxygen atoms in total. The second-order valence-electron chi connectivity index (χ2n) is 18.3. The molecule has 0 fully saturated rings. The average Bonchev–Trinajstić information content (AvgIpc) is 4.08. The van der Waals surface area contributed by atoms with Gasteiger partial charge in [-0.25, -0.2) is 18.2 Å². The molecule has 0 saturated carbocycles. The molecule has 0 radical (unpaired) electrons. The Bertz CT molecular complexity index is 4140. The zero-order valence-electron chi connectivity index (χ0n) is 38.4. The second kappa shape index (κ2) is 16.3. The summed E-state index contributed by atoms with van der Waals surface area (Å²) in [4.78, 5) is 4.87. The Hall–Kier alpha value is -9.46. The smallest absolute Gasteiger partial charge is 0.170 e. The Morgan fingerprint density at radius 2 is 0.653 bits per heavy atom. The van der Waals surface area contributed by atoms with Crippen LogP contribution in [-0.2, 0) is 0 Å². The highest BCUT2D eigenvalue weighted by Gasteiger charge is 2.24. The summed E-state index contributed by atoms with van der Waals surface area (Å²) in [5.41, 5.74) is 11.8. The van der Waals surface area contributed by atoms with Crippen LogP contribution in [0.25, 0.3) is 127 Å². The summed E-state index contributed by atoms with van der Waals surface area (Å²) in [7, 11) is 0. The van der Waals surface area contributed by atoms with Gasteiger partial charge in [-0.2, -0.15) is 0 Å². The summed E-state index contributed by atoms with van der Waals surface area (Å²) in [6, 6.07) is 77.6. The van der Waals surface area contributed by atoms with Crippen molar-refractivity contribution in [1.29, 1.82) is 0 Å². The first-order valence-corrected chi connectivity index (χ1v) is 23.9. The van der Waals surface area contributed by atoms with E-state index < -0.39 is 23.0 Å².